The number of para-hydroxylation sites is 2. The molecule has 0 saturated heterocycles. The van der Waals surface area contributed by atoms with Gasteiger partial charge in [0.2, 0.25) is 11.8 Å². The van der Waals surface area contributed by atoms with Crippen LogP contribution in [0.25, 0.3) is 0 Å². The lowest BCUT2D eigenvalue weighted by Crippen LogP contribution is -2.42. The number of rotatable bonds is 4. The van der Waals surface area contributed by atoms with Crippen molar-refractivity contribution in [2.45, 2.75) is 12.8 Å². The van der Waals surface area contributed by atoms with Crippen LogP contribution >= 0.6 is 15.9 Å². The van der Waals surface area contributed by atoms with E-state index in [0.29, 0.717) is 18.5 Å². The predicted octanol–water partition coefficient (Wildman–Crippen LogP) is 3.38. The van der Waals surface area contributed by atoms with Crippen LogP contribution in [-0.4, -0.2) is 25.5 Å². The summed E-state index contributed by atoms with van der Waals surface area (Å²) in [6, 6.07) is 13.1. The Bertz CT molecular complexity index is 792. The highest BCUT2D eigenvalue weighted by Gasteiger charge is 2.26. The maximum absolute atomic E-state index is 12.6. The number of hydrogen-bond donors (Lipinski definition) is 1. The molecule has 2 aromatic carbocycles. The largest absolute Gasteiger partial charge is 0.496 e. The number of amides is 2. The van der Waals surface area contributed by atoms with Crippen molar-refractivity contribution in [3.8, 4) is 5.75 Å². The van der Waals surface area contributed by atoms with Gasteiger partial charge in [-0.15, -0.1) is 0 Å². The number of anilines is 2. The van der Waals surface area contributed by atoms with Crippen molar-refractivity contribution in [2.24, 2.45) is 0 Å². The van der Waals surface area contributed by atoms with Gasteiger partial charge in [-0.25, -0.2) is 0 Å². The molecule has 0 fully saturated rings. The molecule has 1 aliphatic heterocycles. The zero-order chi connectivity index (χ0) is 17.1. The molecule has 2 amide bonds. The molecule has 1 heterocycles. The Morgan fingerprint density at radius 3 is 2.83 bits per heavy atom. The maximum atomic E-state index is 12.6. The van der Waals surface area contributed by atoms with Crippen LogP contribution in [0.5, 0.6) is 5.75 Å². The van der Waals surface area contributed by atoms with Crippen molar-refractivity contribution >= 4 is 39.1 Å². The Kier molecular flexibility index (Phi) is 4.85. The molecule has 1 aliphatic rings. The second-order valence-electron chi connectivity index (χ2n) is 5.51. The summed E-state index contributed by atoms with van der Waals surface area (Å²) >= 11 is 3.45. The number of aryl methyl sites for hydroxylation is 1. The molecular formula is C18H17BrN2O3. The van der Waals surface area contributed by atoms with E-state index in [0.717, 1.165) is 21.5 Å². The number of halogens is 1. The third kappa shape index (κ3) is 3.43. The monoisotopic (exact) mass is 388 g/mol. The Labute approximate surface area is 148 Å². The highest BCUT2D eigenvalue weighted by Crippen LogP contribution is 2.30. The van der Waals surface area contributed by atoms with Crippen LogP contribution in [-0.2, 0) is 16.0 Å². The van der Waals surface area contributed by atoms with E-state index in [1.807, 2.05) is 36.4 Å². The van der Waals surface area contributed by atoms with Gasteiger partial charge >= 0.3 is 0 Å². The summed E-state index contributed by atoms with van der Waals surface area (Å²) in [4.78, 5) is 26.0. The van der Waals surface area contributed by atoms with Gasteiger partial charge in [-0.05, 0) is 52.2 Å². The van der Waals surface area contributed by atoms with Crippen molar-refractivity contribution in [2.75, 3.05) is 23.9 Å². The number of fused-ring (bicyclic) bond motifs is 1. The van der Waals surface area contributed by atoms with Crippen molar-refractivity contribution in [3.63, 3.8) is 0 Å². The van der Waals surface area contributed by atoms with Crippen molar-refractivity contribution in [1.29, 1.82) is 0 Å². The Hall–Kier alpha value is -2.34. The van der Waals surface area contributed by atoms with Gasteiger partial charge < -0.3 is 15.0 Å². The Morgan fingerprint density at radius 2 is 2.08 bits per heavy atom. The molecular weight excluding hydrogens is 372 g/mol. The van der Waals surface area contributed by atoms with Crippen LogP contribution in [0.3, 0.4) is 0 Å². The Balaban J connectivity index is 1.71. The highest BCUT2D eigenvalue weighted by molar-refractivity contribution is 9.10. The topological polar surface area (TPSA) is 58.6 Å². The van der Waals surface area contributed by atoms with Crippen LogP contribution in [0, 0.1) is 0 Å². The third-order valence-corrected chi connectivity index (χ3v) is 4.54. The first-order valence-electron chi connectivity index (χ1n) is 7.60. The Morgan fingerprint density at radius 1 is 1.29 bits per heavy atom. The SMILES string of the molecule is COc1ccc(CCC(=O)N2CC(=O)Nc3ccccc32)cc1Br. The number of benzene rings is 2. The standard InChI is InChI=1S/C18H17BrN2O3/c1-24-16-8-6-12(10-13(16)19)7-9-18(23)21-11-17(22)20-14-4-2-3-5-15(14)21/h2-6,8,10H,7,9,11H2,1H3,(H,20,22). The van der Waals surface area contributed by atoms with E-state index >= 15 is 0 Å². The summed E-state index contributed by atoms with van der Waals surface area (Å²) in [7, 11) is 1.61. The van der Waals surface area contributed by atoms with E-state index in [-0.39, 0.29) is 18.4 Å². The molecule has 5 nitrogen and oxygen atoms in total. The molecule has 2 aromatic rings. The second-order valence-corrected chi connectivity index (χ2v) is 6.37. The average Bonchev–Trinajstić information content (AvgIpc) is 2.59. The minimum Gasteiger partial charge on any atom is -0.496 e. The second kappa shape index (κ2) is 7.05. The van der Waals surface area contributed by atoms with Crippen LogP contribution in [0.4, 0.5) is 11.4 Å². The predicted molar refractivity (Wildman–Crippen MR) is 96.4 cm³/mol. The number of carbonyl (C=O) groups excluding carboxylic acids is 2. The first-order chi connectivity index (χ1) is 11.6. The number of nitrogens with zero attached hydrogens (tertiary/aromatic N) is 1. The minimum atomic E-state index is -0.172. The quantitative estimate of drug-likeness (QED) is 0.873. The molecule has 3 rings (SSSR count). The number of carbonyl (C=O) groups is 2. The molecule has 0 unspecified atom stereocenters. The maximum Gasteiger partial charge on any atom is 0.244 e. The van der Waals surface area contributed by atoms with Crippen molar-refractivity contribution in [1.82, 2.24) is 0 Å². The van der Waals surface area contributed by atoms with Crippen molar-refractivity contribution < 1.29 is 14.3 Å². The molecule has 6 heteroatoms. The van der Waals surface area contributed by atoms with Crippen LogP contribution in [0.15, 0.2) is 46.9 Å². The van der Waals surface area contributed by atoms with E-state index in [9.17, 15) is 9.59 Å². The number of hydrogen-bond acceptors (Lipinski definition) is 3. The van der Waals surface area contributed by atoms with Crippen LogP contribution < -0.4 is 15.0 Å². The van der Waals surface area contributed by atoms with Gasteiger partial charge in [0.25, 0.3) is 0 Å². The average molecular weight is 389 g/mol. The summed E-state index contributed by atoms with van der Waals surface area (Å²) < 4.78 is 6.06. The van der Waals surface area contributed by atoms with E-state index in [1.54, 1.807) is 18.1 Å². The fourth-order valence-electron chi connectivity index (χ4n) is 2.71. The van der Waals surface area contributed by atoms with Gasteiger partial charge in [0.05, 0.1) is 23.0 Å². The number of methoxy groups -OCH3 is 1. The lowest BCUT2D eigenvalue weighted by atomic mass is 10.1. The van der Waals surface area contributed by atoms with E-state index in [1.165, 1.54) is 0 Å². The fraction of sp³-hybridized carbons (Fsp3) is 0.222. The van der Waals surface area contributed by atoms with Gasteiger partial charge in [0.1, 0.15) is 12.3 Å². The lowest BCUT2D eigenvalue weighted by Gasteiger charge is -2.29. The van der Waals surface area contributed by atoms with Gasteiger partial charge in [-0.3, -0.25) is 9.59 Å². The highest BCUT2D eigenvalue weighted by atomic mass is 79.9. The molecule has 124 valence electrons. The molecule has 24 heavy (non-hydrogen) atoms. The molecule has 0 spiro atoms. The summed E-state index contributed by atoms with van der Waals surface area (Å²) in [5.74, 6) is 0.519. The van der Waals surface area contributed by atoms with E-state index in [2.05, 4.69) is 21.2 Å². The van der Waals surface area contributed by atoms with E-state index in [4.69, 9.17) is 4.74 Å². The van der Waals surface area contributed by atoms with Crippen LogP contribution in [0.2, 0.25) is 0 Å². The summed E-state index contributed by atoms with van der Waals surface area (Å²) in [6.07, 6.45) is 0.933. The lowest BCUT2D eigenvalue weighted by molar-refractivity contribution is -0.121. The normalized spacial score (nSPS) is 13.2. The third-order valence-electron chi connectivity index (χ3n) is 3.92. The molecule has 0 saturated carbocycles. The van der Waals surface area contributed by atoms with Crippen LogP contribution in [0.1, 0.15) is 12.0 Å². The first kappa shape index (κ1) is 16.5. The molecule has 0 atom stereocenters. The molecule has 0 bridgehead atoms. The number of nitrogens with one attached hydrogen (secondary N) is 1. The molecule has 1 N–H and O–H groups in total. The van der Waals surface area contributed by atoms with Gasteiger partial charge in [0, 0.05) is 6.42 Å². The summed E-state index contributed by atoms with van der Waals surface area (Å²) in [6.45, 7) is 0.0577. The van der Waals surface area contributed by atoms with Gasteiger partial charge in [-0.2, -0.15) is 0 Å². The fourth-order valence-corrected chi connectivity index (χ4v) is 3.30. The zero-order valence-electron chi connectivity index (χ0n) is 13.2. The van der Waals surface area contributed by atoms with Crippen molar-refractivity contribution in [3.05, 3.63) is 52.5 Å². The number of ether oxygens (including phenoxy) is 1. The molecule has 0 aromatic heterocycles. The smallest absolute Gasteiger partial charge is 0.244 e. The minimum absolute atomic E-state index is 0.0577. The molecule has 0 radical (unpaired) electrons. The summed E-state index contributed by atoms with van der Waals surface area (Å²) in [5.41, 5.74) is 2.46. The van der Waals surface area contributed by atoms with E-state index < -0.39 is 0 Å². The summed E-state index contributed by atoms with van der Waals surface area (Å²) in [5, 5.41) is 2.79. The molecule has 0 aliphatic carbocycles. The van der Waals surface area contributed by atoms with Gasteiger partial charge in [-0.1, -0.05) is 18.2 Å². The first-order valence-corrected chi connectivity index (χ1v) is 8.39. The van der Waals surface area contributed by atoms with Gasteiger partial charge in [0.15, 0.2) is 0 Å². The zero-order valence-corrected chi connectivity index (χ0v) is 14.8.